The summed E-state index contributed by atoms with van der Waals surface area (Å²) in [4.78, 5) is 14.7. The highest BCUT2D eigenvalue weighted by Gasteiger charge is 2.16. The first-order valence-corrected chi connectivity index (χ1v) is 7.36. The Labute approximate surface area is 125 Å². The molecule has 0 aliphatic carbocycles. The molecule has 21 heavy (non-hydrogen) atoms. The molecular formula is C18H20N2O. The van der Waals surface area contributed by atoms with Gasteiger partial charge in [-0.1, -0.05) is 18.2 Å². The molecule has 108 valence electrons. The minimum Gasteiger partial charge on any atom is -0.374 e. The lowest BCUT2D eigenvalue weighted by atomic mass is 9.99. The van der Waals surface area contributed by atoms with Crippen molar-refractivity contribution in [1.29, 1.82) is 0 Å². The number of amides is 1. The van der Waals surface area contributed by atoms with Crippen molar-refractivity contribution in [2.45, 2.75) is 19.8 Å². The molecule has 1 N–H and O–H groups in total. The fourth-order valence-corrected chi connectivity index (χ4v) is 2.83. The van der Waals surface area contributed by atoms with Crippen LogP contribution in [0.4, 0.5) is 11.4 Å². The molecule has 3 heteroatoms. The molecule has 0 spiro atoms. The average molecular weight is 280 g/mol. The second-order valence-corrected chi connectivity index (χ2v) is 5.64. The summed E-state index contributed by atoms with van der Waals surface area (Å²) in [7, 11) is 2.10. The highest BCUT2D eigenvalue weighted by Crippen LogP contribution is 2.27. The standard InChI is InChI=1S/C18H20N2O/c1-13-6-3-4-8-16(13)19-18(21)15-9-10-17-14(12-15)7-5-11-20(17)2/h3-4,6,8-10,12H,5,7,11H2,1-2H3,(H,19,21). The molecule has 1 amide bonds. The quantitative estimate of drug-likeness (QED) is 0.911. The van der Waals surface area contributed by atoms with Crippen LogP contribution < -0.4 is 10.2 Å². The Bertz CT molecular complexity index is 679. The van der Waals surface area contributed by atoms with E-state index in [4.69, 9.17) is 0 Å². The van der Waals surface area contributed by atoms with Crippen LogP contribution in [0.15, 0.2) is 42.5 Å². The number of nitrogens with zero attached hydrogens (tertiary/aromatic N) is 1. The second kappa shape index (κ2) is 5.60. The van der Waals surface area contributed by atoms with Crippen LogP contribution in [-0.4, -0.2) is 19.5 Å². The zero-order chi connectivity index (χ0) is 14.8. The molecule has 1 heterocycles. The fraction of sp³-hybridized carbons (Fsp3) is 0.278. The number of rotatable bonds is 2. The van der Waals surface area contributed by atoms with Crippen LogP contribution in [0.25, 0.3) is 0 Å². The van der Waals surface area contributed by atoms with Gasteiger partial charge >= 0.3 is 0 Å². The van der Waals surface area contributed by atoms with Crippen molar-refractivity contribution in [3.8, 4) is 0 Å². The van der Waals surface area contributed by atoms with E-state index in [0.29, 0.717) is 0 Å². The number of carbonyl (C=O) groups excluding carboxylic acids is 1. The molecule has 0 aromatic heterocycles. The highest BCUT2D eigenvalue weighted by atomic mass is 16.1. The summed E-state index contributed by atoms with van der Waals surface area (Å²) >= 11 is 0. The van der Waals surface area contributed by atoms with Gasteiger partial charge in [-0.05, 0) is 55.2 Å². The van der Waals surface area contributed by atoms with Crippen molar-refractivity contribution in [2.75, 3.05) is 23.8 Å². The topological polar surface area (TPSA) is 32.3 Å². The van der Waals surface area contributed by atoms with E-state index in [2.05, 4.69) is 23.3 Å². The summed E-state index contributed by atoms with van der Waals surface area (Å²) in [6, 6.07) is 13.8. The first-order chi connectivity index (χ1) is 10.1. The van der Waals surface area contributed by atoms with Gasteiger partial charge in [0.2, 0.25) is 0 Å². The lowest BCUT2D eigenvalue weighted by Gasteiger charge is -2.27. The third kappa shape index (κ3) is 2.77. The Morgan fingerprint density at radius 3 is 2.81 bits per heavy atom. The van der Waals surface area contributed by atoms with E-state index in [-0.39, 0.29) is 5.91 Å². The van der Waals surface area contributed by atoms with E-state index < -0.39 is 0 Å². The van der Waals surface area contributed by atoms with Crippen LogP contribution in [-0.2, 0) is 6.42 Å². The van der Waals surface area contributed by atoms with Gasteiger partial charge in [-0.25, -0.2) is 0 Å². The van der Waals surface area contributed by atoms with Crippen molar-refractivity contribution in [2.24, 2.45) is 0 Å². The summed E-state index contributed by atoms with van der Waals surface area (Å²) in [6.45, 7) is 3.08. The van der Waals surface area contributed by atoms with Gasteiger partial charge in [-0.2, -0.15) is 0 Å². The second-order valence-electron chi connectivity index (χ2n) is 5.64. The predicted octanol–water partition coefficient (Wildman–Crippen LogP) is 3.63. The smallest absolute Gasteiger partial charge is 0.255 e. The Morgan fingerprint density at radius 1 is 1.19 bits per heavy atom. The lowest BCUT2D eigenvalue weighted by molar-refractivity contribution is 0.102. The van der Waals surface area contributed by atoms with Crippen molar-refractivity contribution >= 4 is 17.3 Å². The van der Waals surface area contributed by atoms with Gasteiger partial charge in [-0.15, -0.1) is 0 Å². The Morgan fingerprint density at radius 2 is 2.00 bits per heavy atom. The van der Waals surface area contributed by atoms with Crippen LogP contribution >= 0.6 is 0 Å². The number of hydrogen-bond donors (Lipinski definition) is 1. The molecule has 3 nitrogen and oxygen atoms in total. The highest BCUT2D eigenvalue weighted by molar-refractivity contribution is 6.05. The van der Waals surface area contributed by atoms with Gasteiger partial charge in [-0.3, -0.25) is 4.79 Å². The molecule has 3 rings (SSSR count). The largest absolute Gasteiger partial charge is 0.374 e. The first-order valence-electron chi connectivity index (χ1n) is 7.36. The predicted molar refractivity (Wildman–Crippen MR) is 87.2 cm³/mol. The SMILES string of the molecule is Cc1ccccc1NC(=O)c1ccc2c(c1)CCCN2C. The van der Waals surface area contributed by atoms with Gasteiger partial charge in [0.1, 0.15) is 0 Å². The Balaban J connectivity index is 1.84. The maximum absolute atomic E-state index is 12.4. The molecule has 0 radical (unpaired) electrons. The van der Waals surface area contributed by atoms with Crippen LogP contribution in [0.1, 0.15) is 27.9 Å². The summed E-state index contributed by atoms with van der Waals surface area (Å²) < 4.78 is 0. The normalized spacial score (nSPS) is 13.7. The van der Waals surface area contributed by atoms with E-state index in [0.717, 1.165) is 36.2 Å². The average Bonchev–Trinajstić information content (AvgIpc) is 2.49. The molecule has 0 bridgehead atoms. The molecule has 0 saturated carbocycles. The third-order valence-corrected chi connectivity index (χ3v) is 4.09. The Kier molecular flexibility index (Phi) is 3.65. The van der Waals surface area contributed by atoms with E-state index in [1.807, 2.05) is 43.3 Å². The van der Waals surface area contributed by atoms with Crippen LogP contribution in [0, 0.1) is 6.92 Å². The number of nitrogens with one attached hydrogen (secondary N) is 1. The maximum atomic E-state index is 12.4. The van der Waals surface area contributed by atoms with Crippen molar-refractivity contribution in [1.82, 2.24) is 0 Å². The van der Waals surface area contributed by atoms with Gasteiger partial charge in [0.25, 0.3) is 5.91 Å². The summed E-state index contributed by atoms with van der Waals surface area (Å²) in [6.07, 6.45) is 2.19. The summed E-state index contributed by atoms with van der Waals surface area (Å²) in [5.41, 5.74) is 5.18. The van der Waals surface area contributed by atoms with Gasteiger partial charge in [0, 0.05) is 30.5 Å². The van der Waals surface area contributed by atoms with Crippen LogP contribution in [0.3, 0.4) is 0 Å². The molecule has 0 atom stereocenters. The van der Waals surface area contributed by atoms with E-state index >= 15 is 0 Å². The van der Waals surface area contributed by atoms with Crippen molar-refractivity contribution < 1.29 is 4.79 Å². The number of aryl methyl sites for hydroxylation is 2. The summed E-state index contributed by atoms with van der Waals surface area (Å²) in [5, 5.41) is 2.99. The molecular weight excluding hydrogens is 260 g/mol. The number of anilines is 2. The molecule has 2 aromatic carbocycles. The van der Waals surface area contributed by atoms with E-state index in [1.54, 1.807) is 0 Å². The molecule has 2 aromatic rings. The number of carbonyl (C=O) groups is 1. The maximum Gasteiger partial charge on any atom is 0.255 e. The third-order valence-electron chi connectivity index (χ3n) is 4.09. The minimum atomic E-state index is -0.0414. The fourth-order valence-electron chi connectivity index (χ4n) is 2.83. The lowest BCUT2D eigenvalue weighted by Crippen LogP contribution is -2.25. The molecule has 0 fully saturated rings. The van der Waals surface area contributed by atoms with E-state index in [9.17, 15) is 4.79 Å². The minimum absolute atomic E-state index is 0.0414. The van der Waals surface area contributed by atoms with Crippen LogP contribution in [0.5, 0.6) is 0 Å². The molecule has 1 aliphatic rings. The monoisotopic (exact) mass is 280 g/mol. The number of benzene rings is 2. The first kappa shape index (κ1) is 13.7. The Hall–Kier alpha value is -2.29. The molecule has 1 aliphatic heterocycles. The van der Waals surface area contributed by atoms with Gasteiger partial charge < -0.3 is 10.2 Å². The van der Waals surface area contributed by atoms with E-state index in [1.165, 1.54) is 11.3 Å². The number of para-hydroxylation sites is 1. The molecule has 0 unspecified atom stereocenters. The van der Waals surface area contributed by atoms with Gasteiger partial charge in [0.05, 0.1) is 0 Å². The zero-order valence-electron chi connectivity index (χ0n) is 12.5. The molecule has 0 saturated heterocycles. The summed E-state index contributed by atoms with van der Waals surface area (Å²) in [5.74, 6) is -0.0414. The van der Waals surface area contributed by atoms with Crippen molar-refractivity contribution in [3.05, 3.63) is 59.2 Å². The number of fused-ring (bicyclic) bond motifs is 1. The van der Waals surface area contributed by atoms with Crippen molar-refractivity contribution in [3.63, 3.8) is 0 Å². The van der Waals surface area contributed by atoms with Crippen LogP contribution in [0.2, 0.25) is 0 Å². The zero-order valence-corrected chi connectivity index (χ0v) is 12.5. The van der Waals surface area contributed by atoms with Gasteiger partial charge in [0.15, 0.2) is 0 Å². The number of hydrogen-bond acceptors (Lipinski definition) is 2.